The quantitative estimate of drug-likeness (QED) is 0.593. The van der Waals surface area contributed by atoms with Gasteiger partial charge in [-0.05, 0) is 25.1 Å². The Kier molecular flexibility index (Phi) is 2.48. The first-order chi connectivity index (χ1) is 7.63. The molecule has 0 atom stereocenters. The zero-order chi connectivity index (χ0) is 11.7. The molecule has 82 valence electrons. The van der Waals surface area contributed by atoms with Gasteiger partial charge in [0.25, 0.3) is 0 Å². The van der Waals surface area contributed by atoms with Gasteiger partial charge in [0.1, 0.15) is 17.1 Å². The fourth-order valence-electron chi connectivity index (χ4n) is 1.69. The van der Waals surface area contributed by atoms with Gasteiger partial charge in [0.2, 0.25) is 0 Å². The fourth-order valence-corrected chi connectivity index (χ4v) is 1.69. The zero-order valence-electron chi connectivity index (χ0n) is 9.24. The van der Waals surface area contributed by atoms with Crippen molar-refractivity contribution >= 4 is 16.7 Å². The summed E-state index contributed by atoms with van der Waals surface area (Å²) in [6.45, 7) is 1.92. The minimum Gasteiger partial charge on any atom is -0.494 e. The third-order valence-corrected chi connectivity index (χ3v) is 2.47. The van der Waals surface area contributed by atoms with Crippen LogP contribution in [0.15, 0.2) is 24.3 Å². The van der Waals surface area contributed by atoms with Crippen LogP contribution >= 0.6 is 0 Å². The zero-order valence-corrected chi connectivity index (χ0v) is 9.24. The number of rotatable bonds is 2. The molecule has 0 aliphatic rings. The van der Waals surface area contributed by atoms with Gasteiger partial charge < -0.3 is 10.5 Å². The van der Waals surface area contributed by atoms with Crippen molar-refractivity contribution in [3.8, 4) is 5.75 Å². The van der Waals surface area contributed by atoms with Crippen molar-refractivity contribution in [2.24, 2.45) is 5.73 Å². The average molecular weight is 215 g/mol. The maximum atomic E-state index is 7.51. The number of aryl methyl sites for hydroxylation is 1. The van der Waals surface area contributed by atoms with E-state index >= 15 is 0 Å². The molecule has 16 heavy (non-hydrogen) atoms. The molecule has 2 rings (SSSR count). The van der Waals surface area contributed by atoms with Crippen LogP contribution in [-0.2, 0) is 0 Å². The lowest BCUT2D eigenvalue weighted by atomic mass is 10.1. The van der Waals surface area contributed by atoms with Gasteiger partial charge in [-0.2, -0.15) is 0 Å². The van der Waals surface area contributed by atoms with Crippen molar-refractivity contribution in [3.63, 3.8) is 0 Å². The Hall–Kier alpha value is -2.10. The number of nitrogen functional groups attached to an aromatic ring is 1. The summed E-state index contributed by atoms with van der Waals surface area (Å²) < 4.78 is 5.24. The molecule has 0 aliphatic heterocycles. The SMILES string of the molecule is COc1ccc(C(=N)N)c2ccc(C)nc12. The second kappa shape index (κ2) is 3.81. The van der Waals surface area contributed by atoms with E-state index < -0.39 is 0 Å². The predicted octanol–water partition coefficient (Wildman–Crippen LogP) is 1.84. The normalized spacial score (nSPS) is 10.4. The number of pyridine rings is 1. The molecule has 0 amide bonds. The molecule has 0 saturated heterocycles. The van der Waals surface area contributed by atoms with E-state index in [4.69, 9.17) is 15.9 Å². The summed E-state index contributed by atoms with van der Waals surface area (Å²) in [5, 5.41) is 8.35. The topological polar surface area (TPSA) is 72.0 Å². The summed E-state index contributed by atoms with van der Waals surface area (Å²) in [6, 6.07) is 7.37. The molecule has 4 heteroatoms. The number of fused-ring (bicyclic) bond motifs is 1. The largest absolute Gasteiger partial charge is 0.494 e. The number of hydrogen-bond donors (Lipinski definition) is 2. The fraction of sp³-hybridized carbons (Fsp3) is 0.167. The third kappa shape index (κ3) is 1.58. The van der Waals surface area contributed by atoms with Crippen molar-refractivity contribution < 1.29 is 4.74 Å². The Morgan fingerprint density at radius 2 is 2.06 bits per heavy atom. The first-order valence-electron chi connectivity index (χ1n) is 4.92. The molecule has 0 aliphatic carbocycles. The minimum atomic E-state index is 0.0401. The minimum absolute atomic E-state index is 0.0401. The van der Waals surface area contributed by atoms with E-state index in [2.05, 4.69) is 4.98 Å². The summed E-state index contributed by atoms with van der Waals surface area (Å²) in [6.07, 6.45) is 0. The highest BCUT2D eigenvalue weighted by Crippen LogP contribution is 2.26. The second-order valence-electron chi connectivity index (χ2n) is 3.58. The predicted molar refractivity (Wildman–Crippen MR) is 64.0 cm³/mol. The maximum Gasteiger partial charge on any atom is 0.145 e. The molecule has 0 unspecified atom stereocenters. The van der Waals surface area contributed by atoms with Crippen LogP contribution in [0.1, 0.15) is 11.3 Å². The number of aromatic nitrogens is 1. The van der Waals surface area contributed by atoms with Gasteiger partial charge in [-0.15, -0.1) is 0 Å². The lowest BCUT2D eigenvalue weighted by Crippen LogP contribution is -2.11. The molecular weight excluding hydrogens is 202 g/mol. The van der Waals surface area contributed by atoms with Crippen LogP contribution in [0.2, 0.25) is 0 Å². The highest BCUT2D eigenvalue weighted by atomic mass is 16.5. The number of hydrogen-bond acceptors (Lipinski definition) is 3. The summed E-state index contributed by atoms with van der Waals surface area (Å²) in [5.74, 6) is 0.738. The van der Waals surface area contributed by atoms with Crippen LogP contribution < -0.4 is 10.5 Å². The Bertz CT molecular complexity index is 563. The van der Waals surface area contributed by atoms with Gasteiger partial charge >= 0.3 is 0 Å². The molecule has 1 aromatic carbocycles. The van der Waals surface area contributed by atoms with Gasteiger partial charge in [-0.25, -0.2) is 4.98 Å². The second-order valence-corrected chi connectivity index (χ2v) is 3.58. The number of nitrogens with zero attached hydrogens (tertiary/aromatic N) is 1. The highest BCUT2D eigenvalue weighted by Gasteiger charge is 2.09. The van der Waals surface area contributed by atoms with Crippen molar-refractivity contribution in [2.75, 3.05) is 7.11 Å². The van der Waals surface area contributed by atoms with Gasteiger partial charge in [0.15, 0.2) is 0 Å². The van der Waals surface area contributed by atoms with Crippen LogP contribution in [0, 0.1) is 12.3 Å². The maximum absolute atomic E-state index is 7.51. The molecule has 2 aromatic rings. The Balaban J connectivity index is 2.85. The number of nitrogens with two attached hydrogens (primary N) is 1. The van der Waals surface area contributed by atoms with Gasteiger partial charge in [0.05, 0.1) is 7.11 Å². The van der Waals surface area contributed by atoms with E-state index in [1.54, 1.807) is 19.2 Å². The molecule has 0 fully saturated rings. The van der Waals surface area contributed by atoms with E-state index in [-0.39, 0.29) is 5.84 Å². The van der Waals surface area contributed by atoms with Gasteiger partial charge in [-0.3, -0.25) is 5.41 Å². The number of benzene rings is 1. The lowest BCUT2D eigenvalue weighted by molar-refractivity contribution is 0.419. The average Bonchev–Trinajstić information content (AvgIpc) is 2.27. The Morgan fingerprint density at radius 3 is 2.69 bits per heavy atom. The van der Waals surface area contributed by atoms with Crippen LogP contribution in [-0.4, -0.2) is 17.9 Å². The smallest absolute Gasteiger partial charge is 0.145 e. The molecule has 3 N–H and O–H groups in total. The standard InChI is InChI=1S/C12H13N3O/c1-7-3-4-8-9(12(13)14)5-6-10(16-2)11(8)15-7/h3-6H,1-2H3,(H3,13,14). The van der Waals surface area contributed by atoms with E-state index in [1.165, 1.54) is 0 Å². The summed E-state index contributed by atoms with van der Waals surface area (Å²) >= 11 is 0. The van der Waals surface area contributed by atoms with Crippen LogP contribution in [0.25, 0.3) is 10.9 Å². The van der Waals surface area contributed by atoms with Crippen LogP contribution in [0.3, 0.4) is 0 Å². The van der Waals surface area contributed by atoms with Crippen LogP contribution in [0.4, 0.5) is 0 Å². The molecular formula is C12H13N3O. The van der Waals surface area contributed by atoms with Crippen molar-refractivity contribution in [3.05, 3.63) is 35.5 Å². The lowest BCUT2D eigenvalue weighted by Gasteiger charge is -2.09. The summed E-state index contributed by atoms with van der Waals surface area (Å²) in [4.78, 5) is 4.41. The van der Waals surface area contributed by atoms with E-state index in [9.17, 15) is 0 Å². The molecule has 0 radical (unpaired) electrons. The van der Waals surface area contributed by atoms with Gasteiger partial charge in [0, 0.05) is 16.6 Å². The van der Waals surface area contributed by atoms with Crippen LogP contribution in [0.5, 0.6) is 5.75 Å². The third-order valence-electron chi connectivity index (χ3n) is 2.47. The van der Waals surface area contributed by atoms with Crippen molar-refractivity contribution in [1.82, 2.24) is 4.98 Å². The number of amidine groups is 1. The first kappa shape index (κ1) is 10.4. The number of nitrogens with one attached hydrogen (secondary N) is 1. The molecule has 0 saturated carbocycles. The Morgan fingerprint density at radius 1 is 1.31 bits per heavy atom. The molecule has 0 bridgehead atoms. The van der Waals surface area contributed by atoms with Gasteiger partial charge in [-0.1, -0.05) is 6.07 Å². The highest BCUT2D eigenvalue weighted by molar-refractivity contribution is 6.08. The molecule has 1 aromatic heterocycles. The molecule has 1 heterocycles. The Labute approximate surface area is 93.6 Å². The first-order valence-corrected chi connectivity index (χ1v) is 4.92. The van der Waals surface area contributed by atoms with E-state index in [0.29, 0.717) is 11.3 Å². The molecule has 0 spiro atoms. The van der Waals surface area contributed by atoms with Crippen molar-refractivity contribution in [1.29, 1.82) is 5.41 Å². The number of ether oxygens (including phenoxy) is 1. The van der Waals surface area contributed by atoms with Crippen molar-refractivity contribution in [2.45, 2.75) is 6.92 Å². The summed E-state index contributed by atoms with van der Waals surface area (Å²) in [7, 11) is 1.60. The summed E-state index contributed by atoms with van der Waals surface area (Å²) in [5.41, 5.74) is 7.86. The number of methoxy groups -OCH3 is 1. The molecule has 4 nitrogen and oxygen atoms in total. The van der Waals surface area contributed by atoms with E-state index in [0.717, 1.165) is 16.6 Å². The monoisotopic (exact) mass is 215 g/mol. The van der Waals surface area contributed by atoms with E-state index in [1.807, 2.05) is 19.1 Å².